The summed E-state index contributed by atoms with van der Waals surface area (Å²) in [4.78, 5) is 22.8. The highest BCUT2D eigenvalue weighted by Crippen LogP contribution is 2.32. The molecule has 0 radical (unpaired) electrons. The van der Waals surface area contributed by atoms with Crippen molar-refractivity contribution in [1.29, 1.82) is 0 Å². The molecule has 3 heterocycles. The summed E-state index contributed by atoms with van der Waals surface area (Å²) in [5.74, 6) is 1.00. The molecular formula is C25H34N3OS2+. The van der Waals surface area contributed by atoms with Crippen LogP contribution in [0.3, 0.4) is 0 Å². The van der Waals surface area contributed by atoms with Crippen molar-refractivity contribution in [2.24, 2.45) is 0 Å². The van der Waals surface area contributed by atoms with Crippen molar-refractivity contribution >= 4 is 33.3 Å². The van der Waals surface area contributed by atoms with E-state index in [-0.39, 0.29) is 5.56 Å². The number of aromatic nitrogens is 2. The van der Waals surface area contributed by atoms with Crippen LogP contribution in [0.5, 0.6) is 0 Å². The zero-order valence-corrected chi connectivity index (χ0v) is 20.6. The van der Waals surface area contributed by atoms with Gasteiger partial charge >= 0.3 is 0 Å². The number of aryl methyl sites for hydroxylation is 1. The van der Waals surface area contributed by atoms with Gasteiger partial charge in [0.2, 0.25) is 0 Å². The van der Waals surface area contributed by atoms with Crippen LogP contribution in [0, 0.1) is 6.92 Å². The highest BCUT2D eigenvalue weighted by molar-refractivity contribution is 7.99. The number of quaternary nitrogens is 1. The number of unbranched alkanes of at least 4 members (excludes halogenated alkanes) is 3. The highest BCUT2D eigenvalue weighted by Gasteiger charge is 2.27. The molecule has 1 aliphatic rings. The van der Waals surface area contributed by atoms with Crippen molar-refractivity contribution in [2.45, 2.75) is 71.0 Å². The molecule has 2 aromatic heterocycles. The number of thioether (sulfide) groups is 1. The fourth-order valence-corrected chi connectivity index (χ4v) is 6.78. The van der Waals surface area contributed by atoms with Crippen molar-refractivity contribution in [3.05, 3.63) is 50.6 Å². The summed E-state index contributed by atoms with van der Waals surface area (Å²) >= 11 is 3.49. The van der Waals surface area contributed by atoms with Gasteiger partial charge in [0.25, 0.3) is 5.56 Å². The standard InChI is InChI=1S/C25H33N3OS2/c1-4-6-7-8-16-30-25-26-23-22(20-13-15-27(14-5-2)17-21(20)31-23)24(29)28(25)19-11-9-18(3)10-12-19/h9-12H,4-8,13-17H2,1-3H3/p+1. The van der Waals surface area contributed by atoms with Gasteiger partial charge in [-0.3, -0.25) is 9.36 Å². The molecule has 0 saturated carbocycles. The summed E-state index contributed by atoms with van der Waals surface area (Å²) < 4.78 is 1.87. The fraction of sp³-hybridized carbons (Fsp3) is 0.520. The molecule has 31 heavy (non-hydrogen) atoms. The van der Waals surface area contributed by atoms with E-state index in [0.29, 0.717) is 0 Å². The average Bonchev–Trinajstić information content (AvgIpc) is 3.13. The average molecular weight is 457 g/mol. The molecule has 1 N–H and O–H groups in total. The second-order valence-electron chi connectivity index (χ2n) is 8.64. The van der Waals surface area contributed by atoms with E-state index >= 15 is 0 Å². The van der Waals surface area contributed by atoms with E-state index in [2.05, 4.69) is 45.0 Å². The van der Waals surface area contributed by atoms with Gasteiger partial charge in [0.15, 0.2) is 5.16 Å². The van der Waals surface area contributed by atoms with E-state index in [9.17, 15) is 4.79 Å². The Kier molecular flexibility index (Phi) is 7.51. The summed E-state index contributed by atoms with van der Waals surface area (Å²) in [6.45, 7) is 9.92. The number of fused-ring (bicyclic) bond motifs is 3. The fourth-order valence-electron chi connectivity index (χ4n) is 4.43. The Morgan fingerprint density at radius 2 is 1.94 bits per heavy atom. The third-order valence-electron chi connectivity index (χ3n) is 6.14. The molecule has 1 aliphatic heterocycles. The molecule has 0 saturated heterocycles. The van der Waals surface area contributed by atoms with Gasteiger partial charge in [0.05, 0.1) is 29.0 Å². The van der Waals surface area contributed by atoms with Crippen LogP contribution in [0.4, 0.5) is 0 Å². The lowest BCUT2D eigenvalue weighted by molar-refractivity contribution is -0.915. The Labute approximate surface area is 193 Å². The maximum Gasteiger partial charge on any atom is 0.267 e. The van der Waals surface area contributed by atoms with Gasteiger partial charge in [-0.1, -0.05) is 62.6 Å². The van der Waals surface area contributed by atoms with Gasteiger partial charge in [-0.2, -0.15) is 0 Å². The minimum Gasteiger partial charge on any atom is -0.330 e. The van der Waals surface area contributed by atoms with Gasteiger partial charge in [0, 0.05) is 12.2 Å². The molecule has 1 aromatic carbocycles. The van der Waals surface area contributed by atoms with Gasteiger partial charge in [-0.25, -0.2) is 4.98 Å². The molecular weight excluding hydrogens is 422 g/mol. The van der Waals surface area contributed by atoms with Crippen molar-refractivity contribution in [2.75, 3.05) is 18.8 Å². The molecule has 0 aliphatic carbocycles. The van der Waals surface area contributed by atoms with Crippen LogP contribution in [0.25, 0.3) is 15.9 Å². The molecule has 4 rings (SSSR count). The summed E-state index contributed by atoms with van der Waals surface area (Å²) in [6, 6.07) is 8.27. The van der Waals surface area contributed by atoms with E-state index in [1.807, 2.05) is 4.57 Å². The van der Waals surface area contributed by atoms with Crippen molar-refractivity contribution < 1.29 is 4.90 Å². The normalized spacial score (nSPS) is 16.0. The Hall–Kier alpha value is -1.63. The molecule has 166 valence electrons. The summed E-state index contributed by atoms with van der Waals surface area (Å²) in [6.07, 6.45) is 7.10. The van der Waals surface area contributed by atoms with E-state index in [4.69, 9.17) is 4.98 Å². The minimum atomic E-state index is 0.112. The predicted octanol–water partition coefficient (Wildman–Crippen LogP) is 4.78. The number of thiophene rings is 1. The first kappa shape index (κ1) is 22.6. The molecule has 6 heteroatoms. The molecule has 0 fully saturated rings. The zero-order chi connectivity index (χ0) is 21.8. The Morgan fingerprint density at radius 1 is 1.13 bits per heavy atom. The van der Waals surface area contributed by atoms with Crippen LogP contribution >= 0.6 is 23.1 Å². The number of nitrogens with zero attached hydrogens (tertiary/aromatic N) is 2. The lowest BCUT2D eigenvalue weighted by Crippen LogP contribution is -3.11. The molecule has 0 spiro atoms. The van der Waals surface area contributed by atoms with Crippen LogP contribution in [0.1, 0.15) is 62.0 Å². The molecule has 0 bridgehead atoms. The zero-order valence-electron chi connectivity index (χ0n) is 19.0. The topological polar surface area (TPSA) is 39.3 Å². The number of hydrogen-bond acceptors (Lipinski definition) is 4. The van der Waals surface area contributed by atoms with Crippen LogP contribution in [-0.2, 0) is 13.0 Å². The second-order valence-corrected chi connectivity index (χ2v) is 10.8. The molecule has 4 nitrogen and oxygen atoms in total. The summed E-state index contributed by atoms with van der Waals surface area (Å²) in [7, 11) is 0. The van der Waals surface area contributed by atoms with E-state index < -0.39 is 0 Å². The quantitative estimate of drug-likeness (QED) is 0.286. The lowest BCUT2D eigenvalue weighted by atomic mass is 10.1. The van der Waals surface area contributed by atoms with Crippen molar-refractivity contribution in [3.8, 4) is 5.69 Å². The minimum absolute atomic E-state index is 0.112. The molecule has 0 amide bonds. The smallest absolute Gasteiger partial charge is 0.267 e. The maximum absolute atomic E-state index is 13.8. The predicted molar refractivity (Wildman–Crippen MR) is 133 cm³/mol. The van der Waals surface area contributed by atoms with Gasteiger partial charge in [-0.05, 0) is 37.5 Å². The third-order valence-corrected chi connectivity index (χ3v) is 8.29. The maximum atomic E-state index is 13.8. The number of hydrogen-bond donors (Lipinski definition) is 1. The monoisotopic (exact) mass is 456 g/mol. The second kappa shape index (κ2) is 10.3. The van der Waals surface area contributed by atoms with Crippen molar-refractivity contribution in [1.82, 2.24) is 9.55 Å². The van der Waals surface area contributed by atoms with E-state index in [0.717, 1.165) is 52.7 Å². The Bertz CT molecular complexity index is 1080. The first-order valence-corrected chi connectivity index (χ1v) is 13.5. The van der Waals surface area contributed by atoms with E-state index in [1.54, 1.807) is 28.0 Å². The molecule has 1 unspecified atom stereocenters. The first-order chi connectivity index (χ1) is 15.1. The van der Waals surface area contributed by atoms with Gasteiger partial charge < -0.3 is 4.90 Å². The third kappa shape index (κ3) is 4.91. The van der Waals surface area contributed by atoms with Crippen LogP contribution in [0.15, 0.2) is 34.2 Å². The largest absolute Gasteiger partial charge is 0.330 e. The number of benzene rings is 1. The molecule has 3 aromatic rings. The first-order valence-electron chi connectivity index (χ1n) is 11.7. The Balaban J connectivity index is 1.76. The number of rotatable bonds is 9. The van der Waals surface area contributed by atoms with Crippen LogP contribution in [0.2, 0.25) is 0 Å². The van der Waals surface area contributed by atoms with E-state index in [1.165, 1.54) is 48.2 Å². The highest BCUT2D eigenvalue weighted by atomic mass is 32.2. The summed E-state index contributed by atoms with van der Waals surface area (Å²) in [5, 5.41) is 1.71. The van der Waals surface area contributed by atoms with Gasteiger partial charge in [0.1, 0.15) is 11.4 Å². The number of nitrogens with one attached hydrogen (secondary N) is 1. The van der Waals surface area contributed by atoms with Crippen LogP contribution < -0.4 is 10.5 Å². The Morgan fingerprint density at radius 3 is 2.68 bits per heavy atom. The lowest BCUT2D eigenvalue weighted by Gasteiger charge is -2.23. The van der Waals surface area contributed by atoms with Gasteiger partial charge in [-0.15, -0.1) is 11.3 Å². The summed E-state index contributed by atoms with van der Waals surface area (Å²) in [5.41, 5.74) is 3.50. The molecule has 1 atom stereocenters. The SMILES string of the molecule is CCCCCCSc1nc2sc3c(c2c(=O)n1-c1ccc(C)cc1)CC[NH+](CCC)C3. The van der Waals surface area contributed by atoms with Crippen molar-refractivity contribution in [3.63, 3.8) is 0 Å². The van der Waals surface area contributed by atoms with Crippen LogP contribution in [-0.4, -0.2) is 28.4 Å².